The van der Waals surface area contributed by atoms with Crippen LogP contribution in [0.15, 0.2) is 42.6 Å². The Bertz CT molecular complexity index is 690. The number of carbonyl (C=O) groups excluding carboxylic acids is 1. The van der Waals surface area contributed by atoms with Crippen LogP contribution in [0.1, 0.15) is 24.0 Å². The summed E-state index contributed by atoms with van der Waals surface area (Å²) in [6.45, 7) is 2.42. The van der Waals surface area contributed by atoms with E-state index in [9.17, 15) is 4.79 Å². The lowest BCUT2D eigenvalue weighted by Gasteiger charge is -2.11. The number of ether oxygens (including phenoxy) is 1. The molecule has 0 atom stereocenters. The molecular weight excluding hydrogens is 290 g/mol. The number of anilines is 1. The molecule has 23 heavy (non-hydrogen) atoms. The van der Waals surface area contributed by atoms with E-state index >= 15 is 0 Å². The third-order valence-electron chi connectivity index (χ3n) is 3.20. The van der Waals surface area contributed by atoms with Gasteiger partial charge in [0.15, 0.2) is 11.6 Å². The van der Waals surface area contributed by atoms with E-state index in [1.807, 2.05) is 31.2 Å². The molecule has 0 spiro atoms. The molecule has 0 bridgehead atoms. The zero-order valence-electron chi connectivity index (χ0n) is 13.1. The van der Waals surface area contributed by atoms with E-state index in [1.165, 1.54) is 0 Å². The van der Waals surface area contributed by atoms with Crippen LogP contribution in [0.4, 0.5) is 5.82 Å². The first-order valence-electron chi connectivity index (χ1n) is 7.49. The van der Waals surface area contributed by atoms with Crippen LogP contribution in [0.5, 0.6) is 5.75 Å². The fourth-order valence-corrected chi connectivity index (χ4v) is 2.00. The lowest BCUT2D eigenvalue weighted by atomic mass is 10.1. The number of aromatic nitrogens is 1. The Morgan fingerprint density at radius 1 is 1.30 bits per heavy atom. The molecule has 2 aromatic rings. The number of nitriles is 1. The van der Waals surface area contributed by atoms with Crippen molar-refractivity contribution in [2.24, 2.45) is 0 Å². The summed E-state index contributed by atoms with van der Waals surface area (Å²) in [4.78, 5) is 16.3. The predicted octanol–water partition coefficient (Wildman–Crippen LogP) is 3.25. The van der Waals surface area contributed by atoms with Crippen molar-refractivity contribution in [3.05, 3.63) is 53.7 Å². The van der Waals surface area contributed by atoms with Crippen LogP contribution in [0.25, 0.3) is 0 Å². The Labute approximate surface area is 135 Å². The van der Waals surface area contributed by atoms with Gasteiger partial charge in [-0.25, -0.2) is 4.98 Å². The Balaban J connectivity index is 1.94. The first kappa shape index (κ1) is 16.5. The molecule has 0 unspecified atom stereocenters. The van der Waals surface area contributed by atoms with Gasteiger partial charge >= 0.3 is 0 Å². The largest absolute Gasteiger partial charge is 0.490 e. The summed E-state index contributed by atoms with van der Waals surface area (Å²) in [6, 6.07) is 13.4. The fraction of sp³-hybridized carbons (Fsp3) is 0.278. The summed E-state index contributed by atoms with van der Waals surface area (Å²) in [6.07, 6.45) is 2.96. The first-order chi connectivity index (χ1) is 11.2. The Morgan fingerprint density at radius 2 is 2.09 bits per heavy atom. The molecule has 0 aliphatic rings. The first-order valence-corrected chi connectivity index (χ1v) is 7.49. The van der Waals surface area contributed by atoms with E-state index < -0.39 is 0 Å². The average molecular weight is 309 g/mol. The van der Waals surface area contributed by atoms with Crippen LogP contribution in [0.2, 0.25) is 0 Å². The van der Waals surface area contributed by atoms with Gasteiger partial charge in [-0.1, -0.05) is 29.8 Å². The summed E-state index contributed by atoms with van der Waals surface area (Å²) >= 11 is 0. The van der Waals surface area contributed by atoms with E-state index in [4.69, 9.17) is 10.00 Å². The van der Waals surface area contributed by atoms with Crippen molar-refractivity contribution in [2.75, 3.05) is 11.9 Å². The highest BCUT2D eigenvalue weighted by atomic mass is 16.5. The standard InChI is InChI=1S/C18H19N3O2/c1-14-6-8-15(9-7-14)13-17(22)21-18-16(5-4-11-20-18)23-12-3-2-10-19/h4-9,11H,2-3,12-13H2,1H3,(H,20,21,22). The molecule has 5 nitrogen and oxygen atoms in total. The van der Waals surface area contributed by atoms with Gasteiger partial charge in [-0.3, -0.25) is 4.79 Å². The molecule has 1 heterocycles. The molecule has 0 saturated heterocycles. The van der Waals surface area contributed by atoms with Crippen LogP contribution < -0.4 is 10.1 Å². The minimum absolute atomic E-state index is 0.144. The van der Waals surface area contributed by atoms with Crippen molar-refractivity contribution in [1.82, 2.24) is 4.98 Å². The van der Waals surface area contributed by atoms with Crippen LogP contribution in [0, 0.1) is 18.3 Å². The van der Waals surface area contributed by atoms with E-state index in [0.29, 0.717) is 31.0 Å². The van der Waals surface area contributed by atoms with Gasteiger partial charge in [-0.15, -0.1) is 0 Å². The number of unbranched alkanes of at least 4 members (excludes halogenated alkanes) is 1. The van der Waals surface area contributed by atoms with Crippen molar-refractivity contribution in [2.45, 2.75) is 26.2 Å². The van der Waals surface area contributed by atoms with Gasteiger partial charge in [0.05, 0.1) is 19.1 Å². The molecule has 0 saturated carbocycles. The molecule has 1 amide bonds. The van der Waals surface area contributed by atoms with Crippen molar-refractivity contribution in [1.29, 1.82) is 5.26 Å². The van der Waals surface area contributed by atoms with Gasteiger partial charge in [0.1, 0.15) is 0 Å². The number of hydrogen-bond donors (Lipinski definition) is 1. The lowest BCUT2D eigenvalue weighted by molar-refractivity contribution is -0.115. The smallest absolute Gasteiger partial charge is 0.230 e. The fourth-order valence-electron chi connectivity index (χ4n) is 2.00. The third-order valence-corrected chi connectivity index (χ3v) is 3.20. The van der Waals surface area contributed by atoms with Gasteiger partial charge < -0.3 is 10.1 Å². The highest BCUT2D eigenvalue weighted by Crippen LogP contribution is 2.21. The lowest BCUT2D eigenvalue weighted by Crippen LogP contribution is -2.16. The average Bonchev–Trinajstić information content (AvgIpc) is 2.55. The van der Waals surface area contributed by atoms with Gasteiger partial charge in [-0.05, 0) is 31.0 Å². The third kappa shape index (κ3) is 5.44. The zero-order valence-corrected chi connectivity index (χ0v) is 13.1. The van der Waals surface area contributed by atoms with E-state index in [2.05, 4.69) is 16.4 Å². The number of pyridine rings is 1. The van der Waals surface area contributed by atoms with E-state index in [-0.39, 0.29) is 12.3 Å². The van der Waals surface area contributed by atoms with Crippen molar-refractivity contribution in [3.63, 3.8) is 0 Å². The quantitative estimate of drug-likeness (QED) is 0.797. The second-order valence-corrected chi connectivity index (χ2v) is 5.17. The minimum atomic E-state index is -0.144. The molecule has 0 fully saturated rings. The second-order valence-electron chi connectivity index (χ2n) is 5.17. The molecule has 0 radical (unpaired) electrons. The summed E-state index contributed by atoms with van der Waals surface area (Å²) in [5.74, 6) is 0.777. The monoisotopic (exact) mass is 309 g/mol. The number of nitrogens with one attached hydrogen (secondary N) is 1. The molecule has 2 rings (SSSR count). The SMILES string of the molecule is Cc1ccc(CC(=O)Nc2ncccc2OCCCC#N)cc1. The van der Waals surface area contributed by atoms with Crippen LogP contribution in [-0.2, 0) is 11.2 Å². The molecule has 0 aliphatic heterocycles. The topological polar surface area (TPSA) is 75.0 Å². The number of carbonyl (C=O) groups is 1. The van der Waals surface area contributed by atoms with E-state index in [1.54, 1.807) is 18.3 Å². The van der Waals surface area contributed by atoms with Crippen LogP contribution in [-0.4, -0.2) is 17.5 Å². The number of hydrogen-bond acceptors (Lipinski definition) is 4. The van der Waals surface area contributed by atoms with Crippen LogP contribution in [0.3, 0.4) is 0 Å². The van der Waals surface area contributed by atoms with Crippen molar-refractivity contribution in [3.8, 4) is 11.8 Å². The highest BCUT2D eigenvalue weighted by molar-refractivity contribution is 5.92. The maximum absolute atomic E-state index is 12.1. The predicted molar refractivity (Wildman–Crippen MR) is 88.1 cm³/mol. The van der Waals surface area contributed by atoms with Gasteiger partial charge in [0.25, 0.3) is 0 Å². The molecule has 1 N–H and O–H groups in total. The van der Waals surface area contributed by atoms with Gasteiger partial charge in [0.2, 0.25) is 5.91 Å². The van der Waals surface area contributed by atoms with Crippen LogP contribution >= 0.6 is 0 Å². The maximum atomic E-state index is 12.1. The van der Waals surface area contributed by atoms with Gasteiger partial charge in [-0.2, -0.15) is 5.26 Å². The zero-order chi connectivity index (χ0) is 16.5. The molecule has 5 heteroatoms. The van der Waals surface area contributed by atoms with Gasteiger partial charge in [0, 0.05) is 12.6 Å². The molecule has 1 aromatic heterocycles. The normalized spacial score (nSPS) is 9.91. The molecule has 118 valence electrons. The molecule has 0 aliphatic carbocycles. The summed E-state index contributed by atoms with van der Waals surface area (Å²) < 4.78 is 5.58. The Kier molecular flexibility index (Phi) is 6.13. The summed E-state index contributed by atoms with van der Waals surface area (Å²) in [5, 5.41) is 11.3. The Hall–Kier alpha value is -2.87. The number of aryl methyl sites for hydroxylation is 1. The number of amides is 1. The van der Waals surface area contributed by atoms with Crippen molar-refractivity contribution >= 4 is 11.7 Å². The maximum Gasteiger partial charge on any atom is 0.230 e. The number of benzene rings is 1. The molecular formula is C18H19N3O2. The van der Waals surface area contributed by atoms with Crippen molar-refractivity contribution < 1.29 is 9.53 Å². The minimum Gasteiger partial charge on any atom is -0.490 e. The Morgan fingerprint density at radius 3 is 2.83 bits per heavy atom. The van der Waals surface area contributed by atoms with E-state index in [0.717, 1.165) is 11.1 Å². The number of rotatable bonds is 7. The molecule has 1 aromatic carbocycles. The summed E-state index contributed by atoms with van der Waals surface area (Å²) in [7, 11) is 0. The number of nitrogens with zero attached hydrogens (tertiary/aromatic N) is 2. The second kappa shape index (κ2) is 8.54. The summed E-state index contributed by atoms with van der Waals surface area (Å²) in [5.41, 5.74) is 2.10. The highest BCUT2D eigenvalue weighted by Gasteiger charge is 2.09.